The second-order valence-electron chi connectivity index (χ2n) is 10.7. The highest BCUT2D eigenvalue weighted by molar-refractivity contribution is 7.99. The number of methoxy groups -OCH3 is 1. The molecule has 236 valence electrons. The summed E-state index contributed by atoms with van der Waals surface area (Å²) < 4.78 is 56.8. The van der Waals surface area contributed by atoms with E-state index >= 15 is 0 Å². The predicted octanol–water partition coefficient (Wildman–Crippen LogP) is 6.92. The number of anilines is 1. The fraction of sp³-hybridized carbons (Fsp3) is 0.414. The molecule has 1 fully saturated rings. The summed E-state index contributed by atoms with van der Waals surface area (Å²) in [4.78, 5) is 34.3. The lowest BCUT2D eigenvalue weighted by molar-refractivity contribution is -0.137. The van der Waals surface area contributed by atoms with Gasteiger partial charge in [0.15, 0.2) is 0 Å². The Bertz CT molecular complexity index is 1690. The quantitative estimate of drug-likeness (QED) is 0.115. The molecule has 3 atom stereocenters. The zero-order valence-corrected chi connectivity index (χ0v) is 27.0. The van der Waals surface area contributed by atoms with E-state index < -0.39 is 23.5 Å². The molecule has 2 aliphatic rings. The Morgan fingerprint density at radius 1 is 1.14 bits per heavy atom. The molecule has 0 aliphatic carbocycles. The molecule has 15 heteroatoms. The van der Waals surface area contributed by atoms with E-state index in [2.05, 4.69) is 11.6 Å². The van der Waals surface area contributed by atoms with Gasteiger partial charge < -0.3 is 19.3 Å². The number of carbonyl (C=O) groups is 1. The van der Waals surface area contributed by atoms with Crippen molar-refractivity contribution in [2.75, 3.05) is 44.3 Å². The van der Waals surface area contributed by atoms with Gasteiger partial charge in [0.1, 0.15) is 12.6 Å². The number of hydrogen-bond donors (Lipinski definition) is 0. The van der Waals surface area contributed by atoms with E-state index in [1.165, 1.54) is 29.9 Å². The van der Waals surface area contributed by atoms with E-state index in [1.54, 1.807) is 9.80 Å². The number of thioether (sulfide) groups is 1. The molecule has 0 bridgehead atoms. The van der Waals surface area contributed by atoms with Gasteiger partial charge >= 0.3 is 11.9 Å². The first kappa shape index (κ1) is 32.9. The Morgan fingerprint density at radius 2 is 1.80 bits per heavy atom. The number of hydrogen-bond acceptors (Lipinski definition) is 7. The van der Waals surface area contributed by atoms with Crippen molar-refractivity contribution in [2.24, 2.45) is 0 Å². The lowest BCUT2D eigenvalue weighted by atomic mass is 9.95. The standard InChI is InChI=1S/C29H28Cl3F3N4O4S/c1-5-23(40)38-14(2)9-37(10-15(38)3)27-18-6-19(29(33,34)35)24(17-7-21(31)22(32)8-20(17)30)26-25(18)39(28(41)36-27)16(12-44-26)11-43-13-42-4/h5-8,14-16H,1,9-13H2,2-4H3/t14-,15+,16-/m0/s1. The molecule has 2 aromatic carbocycles. The molecule has 0 saturated carbocycles. The summed E-state index contributed by atoms with van der Waals surface area (Å²) in [6.07, 6.45) is -3.59. The van der Waals surface area contributed by atoms with Crippen LogP contribution in [0.5, 0.6) is 0 Å². The van der Waals surface area contributed by atoms with Crippen LogP contribution in [0.3, 0.4) is 0 Å². The van der Waals surface area contributed by atoms with Crippen molar-refractivity contribution in [3.05, 3.63) is 62.0 Å². The van der Waals surface area contributed by atoms with Crippen LogP contribution in [0.25, 0.3) is 22.0 Å². The second-order valence-corrected chi connectivity index (χ2v) is 12.9. The summed E-state index contributed by atoms with van der Waals surface area (Å²) in [6.45, 7) is 7.73. The van der Waals surface area contributed by atoms with Crippen LogP contribution in [0.1, 0.15) is 25.5 Å². The lowest BCUT2D eigenvalue weighted by Gasteiger charge is -2.45. The van der Waals surface area contributed by atoms with Crippen LogP contribution >= 0.6 is 46.6 Å². The van der Waals surface area contributed by atoms with Crippen molar-refractivity contribution < 1.29 is 27.4 Å². The normalized spacial score (nSPS) is 20.3. The number of piperazine rings is 1. The highest BCUT2D eigenvalue weighted by atomic mass is 35.5. The van der Waals surface area contributed by atoms with E-state index in [1.807, 2.05) is 13.8 Å². The zero-order valence-electron chi connectivity index (χ0n) is 23.9. The smallest absolute Gasteiger partial charge is 0.359 e. The Morgan fingerprint density at radius 3 is 2.41 bits per heavy atom. The molecule has 1 amide bonds. The van der Waals surface area contributed by atoms with Crippen LogP contribution in [0.15, 0.2) is 40.5 Å². The molecule has 3 aromatic rings. The fourth-order valence-electron chi connectivity index (χ4n) is 5.96. The van der Waals surface area contributed by atoms with E-state index in [4.69, 9.17) is 44.3 Å². The Kier molecular flexibility index (Phi) is 9.52. The number of aromatic nitrogens is 2. The highest BCUT2D eigenvalue weighted by Crippen LogP contribution is 2.52. The van der Waals surface area contributed by atoms with Gasteiger partial charge in [-0.25, -0.2) is 4.79 Å². The molecule has 0 unspecified atom stereocenters. The highest BCUT2D eigenvalue weighted by Gasteiger charge is 2.41. The average Bonchev–Trinajstić information content (AvgIpc) is 2.95. The molecule has 0 spiro atoms. The number of nitrogens with zero attached hydrogens (tertiary/aromatic N) is 4. The van der Waals surface area contributed by atoms with E-state index in [0.29, 0.717) is 0 Å². The largest absolute Gasteiger partial charge is 0.417 e. The number of ether oxygens (including phenoxy) is 2. The van der Waals surface area contributed by atoms with E-state index in [9.17, 15) is 22.8 Å². The maximum Gasteiger partial charge on any atom is 0.417 e. The lowest BCUT2D eigenvalue weighted by Crippen LogP contribution is -2.58. The first-order chi connectivity index (χ1) is 20.8. The zero-order chi connectivity index (χ0) is 32.1. The molecule has 8 nitrogen and oxygen atoms in total. The number of rotatable bonds is 7. The Balaban J connectivity index is 1.82. The third kappa shape index (κ3) is 5.92. The topological polar surface area (TPSA) is 76.9 Å². The van der Waals surface area contributed by atoms with Gasteiger partial charge in [-0.1, -0.05) is 41.4 Å². The maximum atomic E-state index is 14.9. The molecule has 1 aromatic heterocycles. The molecule has 44 heavy (non-hydrogen) atoms. The van der Waals surface area contributed by atoms with Gasteiger partial charge in [-0.2, -0.15) is 18.2 Å². The van der Waals surface area contributed by atoms with Crippen LogP contribution in [0.4, 0.5) is 19.0 Å². The number of benzene rings is 2. The number of halogens is 6. The van der Waals surface area contributed by atoms with Crippen LogP contribution in [-0.4, -0.2) is 71.8 Å². The van der Waals surface area contributed by atoms with Crippen molar-refractivity contribution >= 4 is 69.2 Å². The first-order valence-electron chi connectivity index (χ1n) is 13.5. The van der Waals surface area contributed by atoms with Gasteiger partial charge in [0.25, 0.3) is 0 Å². The summed E-state index contributed by atoms with van der Waals surface area (Å²) in [5.74, 6) is 0.0618. The van der Waals surface area contributed by atoms with Gasteiger partial charge in [-0.15, -0.1) is 11.8 Å². The average molecular weight is 692 g/mol. The third-order valence-electron chi connectivity index (χ3n) is 7.67. The van der Waals surface area contributed by atoms with E-state index in [-0.39, 0.29) is 98.0 Å². The second kappa shape index (κ2) is 12.7. The fourth-order valence-corrected chi connectivity index (χ4v) is 7.92. The predicted molar refractivity (Wildman–Crippen MR) is 167 cm³/mol. The minimum atomic E-state index is -4.82. The summed E-state index contributed by atoms with van der Waals surface area (Å²) in [6, 6.07) is 2.39. The van der Waals surface area contributed by atoms with Crippen LogP contribution in [0.2, 0.25) is 15.1 Å². The Labute approximate surface area is 270 Å². The molecular weight excluding hydrogens is 664 g/mol. The molecular formula is C29H28Cl3F3N4O4S. The van der Waals surface area contributed by atoms with Crippen molar-refractivity contribution in [2.45, 2.75) is 43.0 Å². The molecule has 0 N–H and O–H groups in total. The summed E-state index contributed by atoms with van der Waals surface area (Å²) in [5, 5.41) is 0.229. The van der Waals surface area contributed by atoms with Crippen LogP contribution in [0, 0.1) is 0 Å². The van der Waals surface area contributed by atoms with Gasteiger partial charge in [0.05, 0.1) is 38.8 Å². The van der Waals surface area contributed by atoms with Crippen LogP contribution < -0.4 is 10.6 Å². The monoisotopic (exact) mass is 690 g/mol. The maximum absolute atomic E-state index is 14.9. The van der Waals surface area contributed by atoms with E-state index in [0.717, 1.165) is 17.8 Å². The summed E-state index contributed by atoms with van der Waals surface area (Å²) in [5.41, 5.74) is -1.50. The van der Waals surface area contributed by atoms with Crippen molar-refractivity contribution in [1.82, 2.24) is 14.5 Å². The molecule has 5 rings (SSSR count). The number of alkyl halides is 3. The summed E-state index contributed by atoms with van der Waals surface area (Å²) >= 11 is 20.0. The molecule has 2 aliphatic heterocycles. The SMILES string of the molecule is C=CC(=O)N1[C@H](C)CN(c2nc(=O)n3c4c(c(-c5cc(Cl)c(Cl)cc5Cl)c(C(F)(F)F)cc24)SC[C@@H]3COCOC)C[C@@H]1C. The minimum Gasteiger partial charge on any atom is -0.359 e. The summed E-state index contributed by atoms with van der Waals surface area (Å²) in [7, 11) is 1.46. The van der Waals surface area contributed by atoms with Crippen molar-refractivity contribution in [3.63, 3.8) is 0 Å². The molecule has 0 radical (unpaired) electrons. The van der Waals surface area contributed by atoms with Crippen LogP contribution in [-0.2, 0) is 20.4 Å². The molecule has 1 saturated heterocycles. The Hall–Kier alpha value is -2.48. The number of amides is 1. The van der Waals surface area contributed by atoms with Crippen molar-refractivity contribution in [3.8, 4) is 11.1 Å². The third-order valence-corrected chi connectivity index (χ3v) is 9.95. The van der Waals surface area contributed by atoms with Crippen molar-refractivity contribution in [1.29, 1.82) is 0 Å². The minimum absolute atomic E-state index is 0.0273. The van der Waals surface area contributed by atoms with Gasteiger partial charge in [-0.3, -0.25) is 9.36 Å². The van der Waals surface area contributed by atoms with Gasteiger partial charge in [0.2, 0.25) is 5.91 Å². The van der Waals surface area contributed by atoms with Gasteiger partial charge in [-0.05, 0) is 38.1 Å². The van der Waals surface area contributed by atoms with Gasteiger partial charge in [0, 0.05) is 59.4 Å². The molecule has 3 heterocycles. The first-order valence-corrected chi connectivity index (χ1v) is 15.6. The number of carbonyl (C=O) groups excluding carboxylic acids is 1.